The fourth-order valence-electron chi connectivity index (χ4n) is 15.3. The van der Waals surface area contributed by atoms with Gasteiger partial charge in [-0.05, 0) is 170 Å². The van der Waals surface area contributed by atoms with Gasteiger partial charge < -0.3 is 20.1 Å². The molecule has 2 heterocycles. The summed E-state index contributed by atoms with van der Waals surface area (Å²) in [5.41, 5.74) is 4.99. The van der Waals surface area contributed by atoms with Crippen LogP contribution in [0.2, 0.25) is 0 Å². The van der Waals surface area contributed by atoms with Crippen molar-refractivity contribution < 1.29 is 23.1 Å². The lowest BCUT2D eigenvalue weighted by Gasteiger charge is -2.72. The second kappa shape index (κ2) is 15.2. The third-order valence-corrected chi connectivity index (χ3v) is 21.3. The molecule has 4 unspecified atom stereocenters. The van der Waals surface area contributed by atoms with Crippen LogP contribution in [0.3, 0.4) is 0 Å². The van der Waals surface area contributed by atoms with Gasteiger partial charge in [0.25, 0.3) is 0 Å². The fraction of sp³-hybridized carbons (Fsp3) is 0.755. The van der Waals surface area contributed by atoms with Crippen molar-refractivity contribution in [1.29, 1.82) is 0 Å². The molecule has 2 N–H and O–H groups in total. The molecule has 1 aromatic heterocycles. The molecule has 10 heteroatoms. The van der Waals surface area contributed by atoms with E-state index in [9.17, 15) is 18.3 Å². The standard InChI is InChI=1S/C49H73N3O5S2/c1-32(2)35-14-21-49(50-24-25-52-26-28-59(55,56)29-27-52)23-22-46(8)37(42(35)49)10-11-40-45(7)17-15-36(44(5,6)39(45)16-18-47(40,46)9)34-12-19-48(20-13-34,43(53)54)31-57-41-30-38(33(3)4)58-51-41/h12,15,30,35,37,39-40,42,50H,1,3,10-11,13-14,16-29,31H2,2,4-9H3,(H,53,54)/t35-,37+,39?,40?,42?,45-,46+,47+,48?,49-/m0/s1. The Morgan fingerprint density at radius 3 is 2.34 bits per heavy atom. The lowest BCUT2D eigenvalue weighted by atomic mass is 9.33. The molecule has 0 bridgehead atoms. The summed E-state index contributed by atoms with van der Waals surface area (Å²) in [5, 5.41) is 14.7. The normalized spacial score (nSPS) is 41.3. The minimum absolute atomic E-state index is 0.00212. The highest BCUT2D eigenvalue weighted by Gasteiger charge is 2.70. The van der Waals surface area contributed by atoms with E-state index in [1.165, 1.54) is 79.6 Å². The van der Waals surface area contributed by atoms with Crippen LogP contribution in [-0.2, 0) is 14.6 Å². The molecule has 6 aliphatic carbocycles. The molecule has 59 heavy (non-hydrogen) atoms. The Balaban J connectivity index is 1.000. The number of hydrogen-bond acceptors (Lipinski definition) is 8. The number of carbonyl (C=O) groups is 1. The van der Waals surface area contributed by atoms with Crippen molar-refractivity contribution in [2.75, 3.05) is 44.3 Å². The van der Waals surface area contributed by atoms with Crippen LogP contribution >= 0.6 is 11.5 Å². The number of ether oxygens (including phenoxy) is 1. The summed E-state index contributed by atoms with van der Waals surface area (Å²) in [6.45, 7) is 29.2. The molecule has 0 radical (unpaired) electrons. The number of hydrogen-bond donors (Lipinski definition) is 2. The van der Waals surface area contributed by atoms with Gasteiger partial charge in [0.15, 0.2) is 9.84 Å². The summed E-state index contributed by atoms with van der Waals surface area (Å²) >= 11 is 1.34. The van der Waals surface area contributed by atoms with Crippen LogP contribution in [0.15, 0.2) is 48.1 Å². The molecule has 0 aromatic carbocycles. The number of carboxylic acids is 1. The van der Waals surface area contributed by atoms with Gasteiger partial charge in [-0.25, -0.2) is 8.42 Å². The second-order valence-corrected chi connectivity index (χ2v) is 25.0. The zero-order valence-corrected chi connectivity index (χ0v) is 38.9. The Bertz CT molecular complexity index is 2020. The molecule has 1 aliphatic heterocycles. The number of nitrogens with zero attached hydrogens (tertiary/aromatic N) is 2. The Labute approximate surface area is 359 Å². The minimum Gasteiger partial charge on any atom is -0.481 e. The highest BCUT2D eigenvalue weighted by atomic mass is 32.2. The quantitative estimate of drug-likeness (QED) is 0.212. The van der Waals surface area contributed by atoms with Gasteiger partial charge in [-0.1, -0.05) is 65.5 Å². The Morgan fingerprint density at radius 2 is 1.69 bits per heavy atom. The maximum Gasteiger partial charge on any atom is 0.313 e. The second-order valence-electron chi connectivity index (χ2n) is 21.9. The molecule has 1 aromatic rings. The summed E-state index contributed by atoms with van der Waals surface area (Å²) < 4.78 is 34.6. The number of rotatable bonds is 11. The first-order valence-electron chi connectivity index (χ1n) is 22.9. The molecular formula is C49H73N3O5S2. The number of aromatic nitrogens is 1. The van der Waals surface area contributed by atoms with Crippen LogP contribution in [0.1, 0.15) is 130 Å². The first kappa shape index (κ1) is 43.4. The predicted molar refractivity (Wildman–Crippen MR) is 240 cm³/mol. The molecule has 8 rings (SSSR count). The van der Waals surface area contributed by atoms with E-state index < -0.39 is 21.2 Å². The maximum absolute atomic E-state index is 12.8. The monoisotopic (exact) mass is 847 g/mol. The average Bonchev–Trinajstić information content (AvgIpc) is 3.81. The van der Waals surface area contributed by atoms with Crippen molar-refractivity contribution in [3.05, 3.63) is 53.0 Å². The van der Waals surface area contributed by atoms with Crippen molar-refractivity contribution in [3.63, 3.8) is 0 Å². The van der Waals surface area contributed by atoms with Crippen molar-refractivity contribution >= 4 is 32.9 Å². The summed E-state index contributed by atoms with van der Waals surface area (Å²) in [7, 11) is -2.88. The van der Waals surface area contributed by atoms with Crippen LogP contribution in [0, 0.1) is 56.7 Å². The third-order valence-electron chi connectivity index (χ3n) is 18.8. The molecule has 8 nitrogen and oxygen atoms in total. The molecule has 4 saturated carbocycles. The molecular weight excluding hydrogens is 775 g/mol. The summed E-state index contributed by atoms with van der Waals surface area (Å²) in [6.07, 6.45) is 17.7. The predicted octanol–water partition coefficient (Wildman–Crippen LogP) is 10.0. The molecule has 0 spiro atoms. The number of fused-ring (bicyclic) bond motifs is 7. The summed E-state index contributed by atoms with van der Waals surface area (Å²) in [4.78, 5) is 16.1. The van der Waals surface area contributed by atoms with Gasteiger partial charge >= 0.3 is 5.97 Å². The molecule has 10 atom stereocenters. The lowest BCUT2D eigenvalue weighted by molar-refractivity contribution is -0.221. The summed E-state index contributed by atoms with van der Waals surface area (Å²) in [5.74, 6) is 3.31. The number of nitrogens with one attached hydrogen (secondary N) is 1. The van der Waals surface area contributed by atoms with Crippen LogP contribution in [0.25, 0.3) is 5.57 Å². The van der Waals surface area contributed by atoms with E-state index in [1.807, 2.05) is 13.0 Å². The fourth-order valence-corrected chi connectivity index (χ4v) is 17.2. The SMILES string of the molecule is C=C(C)c1cc(OCC2(C(=O)O)CC=C(C3=CC[C@@]4(C)C(CC[C@]5(C)C4CC[C@@H]4C6[C@H](C(=C)C)CC[C@]6(NCCN6CCS(=O)(=O)CC6)CC[C@]45C)C3(C)C)CC2)ns1. The van der Waals surface area contributed by atoms with Crippen LogP contribution in [0.5, 0.6) is 5.88 Å². The van der Waals surface area contributed by atoms with E-state index in [4.69, 9.17) is 4.74 Å². The van der Waals surface area contributed by atoms with E-state index in [-0.39, 0.29) is 33.8 Å². The number of carboxylic acid groups (broad SMARTS) is 1. The Hall–Kier alpha value is -2.27. The van der Waals surface area contributed by atoms with Gasteiger partial charge in [0, 0.05) is 37.8 Å². The zero-order valence-electron chi connectivity index (χ0n) is 37.3. The molecule has 0 amide bonds. The summed E-state index contributed by atoms with van der Waals surface area (Å²) in [6, 6.07) is 1.87. The van der Waals surface area contributed by atoms with E-state index in [0.717, 1.165) is 36.4 Å². The van der Waals surface area contributed by atoms with Crippen LogP contribution < -0.4 is 10.1 Å². The average molecular weight is 848 g/mol. The van der Waals surface area contributed by atoms with Crippen molar-refractivity contribution in [2.24, 2.45) is 56.7 Å². The first-order chi connectivity index (χ1) is 27.7. The zero-order chi connectivity index (χ0) is 42.4. The van der Waals surface area contributed by atoms with Gasteiger partial charge in [-0.2, -0.15) is 4.37 Å². The van der Waals surface area contributed by atoms with Crippen LogP contribution in [0.4, 0.5) is 0 Å². The van der Waals surface area contributed by atoms with Gasteiger partial charge in [-0.3, -0.25) is 4.79 Å². The van der Waals surface area contributed by atoms with Gasteiger partial charge in [0.2, 0.25) is 5.88 Å². The van der Waals surface area contributed by atoms with Crippen molar-refractivity contribution in [2.45, 2.75) is 131 Å². The molecule has 7 aliphatic rings. The van der Waals surface area contributed by atoms with Gasteiger partial charge in [0.05, 0.1) is 16.4 Å². The number of aliphatic carboxylic acids is 1. The highest BCUT2D eigenvalue weighted by Crippen LogP contribution is 2.76. The molecule has 326 valence electrons. The Kier molecular flexibility index (Phi) is 11.2. The third kappa shape index (κ3) is 7.08. The number of allylic oxidation sites excluding steroid dienone is 6. The van der Waals surface area contributed by atoms with Gasteiger partial charge in [-0.15, -0.1) is 0 Å². The lowest BCUT2D eigenvalue weighted by Crippen LogP contribution is -2.68. The molecule has 5 fully saturated rings. The van der Waals surface area contributed by atoms with E-state index in [0.29, 0.717) is 72.9 Å². The maximum atomic E-state index is 12.8. The largest absolute Gasteiger partial charge is 0.481 e. The minimum atomic E-state index is -2.88. The van der Waals surface area contributed by atoms with Gasteiger partial charge in [0.1, 0.15) is 12.0 Å². The topological polar surface area (TPSA) is 109 Å². The van der Waals surface area contributed by atoms with E-state index >= 15 is 0 Å². The van der Waals surface area contributed by atoms with Crippen molar-refractivity contribution in [3.8, 4) is 5.88 Å². The number of sulfone groups is 1. The first-order valence-corrected chi connectivity index (χ1v) is 25.5. The van der Waals surface area contributed by atoms with Crippen LogP contribution in [-0.4, -0.2) is 78.6 Å². The smallest absolute Gasteiger partial charge is 0.313 e. The highest BCUT2D eigenvalue weighted by molar-refractivity contribution is 7.91. The van der Waals surface area contributed by atoms with Crippen molar-refractivity contribution in [1.82, 2.24) is 14.6 Å². The Morgan fingerprint density at radius 1 is 0.949 bits per heavy atom. The van der Waals surface area contributed by atoms with E-state index in [2.05, 4.69) is 81.4 Å². The van der Waals surface area contributed by atoms with E-state index in [1.54, 1.807) is 0 Å². The molecule has 1 saturated heterocycles.